The first-order valence-electron chi connectivity index (χ1n) is 8.84. The molecule has 1 aromatic carbocycles. The zero-order valence-electron chi connectivity index (χ0n) is 15.4. The molecule has 130 valence electrons. The van der Waals surface area contributed by atoms with E-state index in [0.717, 1.165) is 43.9 Å². The highest BCUT2D eigenvalue weighted by Crippen LogP contribution is 2.22. The van der Waals surface area contributed by atoms with Gasteiger partial charge in [-0.1, -0.05) is 13.8 Å². The molecule has 0 aliphatic rings. The van der Waals surface area contributed by atoms with Gasteiger partial charge < -0.3 is 15.5 Å². The number of rotatable bonds is 10. The molecule has 23 heavy (non-hydrogen) atoms. The predicted molar refractivity (Wildman–Crippen MR) is 100 cm³/mol. The van der Waals surface area contributed by atoms with E-state index in [2.05, 4.69) is 55.4 Å². The maximum atomic E-state index is 12.0. The Balaban J connectivity index is 2.46. The van der Waals surface area contributed by atoms with Crippen molar-refractivity contribution in [2.45, 2.75) is 47.5 Å². The third kappa shape index (κ3) is 7.04. The van der Waals surface area contributed by atoms with Gasteiger partial charge in [0.1, 0.15) is 0 Å². The zero-order chi connectivity index (χ0) is 17.2. The van der Waals surface area contributed by atoms with E-state index in [1.807, 2.05) is 13.0 Å². The molecule has 0 saturated heterocycles. The summed E-state index contributed by atoms with van der Waals surface area (Å²) in [7, 11) is 0. The summed E-state index contributed by atoms with van der Waals surface area (Å²) in [5.41, 5.74) is 3.23. The summed E-state index contributed by atoms with van der Waals surface area (Å²) in [5.74, 6) is 0.768. The molecule has 0 bridgehead atoms. The Hall–Kier alpha value is -1.55. The predicted octanol–water partition coefficient (Wildman–Crippen LogP) is 3.81. The molecular formula is C19H33N3O. The Morgan fingerprint density at radius 2 is 1.87 bits per heavy atom. The van der Waals surface area contributed by atoms with Gasteiger partial charge in [-0.15, -0.1) is 0 Å². The van der Waals surface area contributed by atoms with Crippen LogP contribution in [0.3, 0.4) is 0 Å². The number of benzene rings is 1. The average Bonchev–Trinajstić information content (AvgIpc) is 2.50. The zero-order valence-corrected chi connectivity index (χ0v) is 15.4. The van der Waals surface area contributed by atoms with Crippen LogP contribution in [0, 0.1) is 12.8 Å². The highest BCUT2D eigenvalue weighted by atomic mass is 16.1. The van der Waals surface area contributed by atoms with Crippen LogP contribution < -0.4 is 15.5 Å². The Morgan fingerprint density at radius 1 is 1.17 bits per heavy atom. The lowest BCUT2D eigenvalue weighted by Crippen LogP contribution is -2.24. The van der Waals surface area contributed by atoms with Crippen LogP contribution in [0.25, 0.3) is 0 Å². The van der Waals surface area contributed by atoms with E-state index < -0.39 is 0 Å². The minimum absolute atomic E-state index is 0.0701. The Bertz CT molecular complexity index is 482. The van der Waals surface area contributed by atoms with Crippen LogP contribution in [0.5, 0.6) is 0 Å². The molecule has 1 amide bonds. The number of nitrogens with one attached hydrogen (secondary N) is 2. The van der Waals surface area contributed by atoms with Gasteiger partial charge in [0.05, 0.1) is 0 Å². The van der Waals surface area contributed by atoms with Gasteiger partial charge in [-0.05, 0) is 63.4 Å². The third-order valence-electron chi connectivity index (χ3n) is 4.04. The fourth-order valence-corrected chi connectivity index (χ4v) is 2.50. The number of hydrogen-bond donors (Lipinski definition) is 2. The molecule has 0 aliphatic heterocycles. The lowest BCUT2D eigenvalue weighted by atomic mass is 10.1. The van der Waals surface area contributed by atoms with E-state index in [-0.39, 0.29) is 5.91 Å². The van der Waals surface area contributed by atoms with Crippen LogP contribution in [0.15, 0.2) is 18.2 Å². The van der Waals surface area contributed by atoms with Gasteiger partial charge in [-0.3, -0.25) is 4.79 Å². The van der Waals surface area contributed by atoms with Crippen molar-refractivity contribution in [1.29, 1.82) is 0 Å². The normalized spacial score (nSPS) is 10.9. The molecule has 1 aromatic rings. The lowest BCUT2D eigenvalue weighted by Gasteiger charge is -2.22. The number of carbonyl (C=O) groups is 1. The van der Waals surface area contributed by atoms with Gasteiger partial charge in [0.15, 0.2) is 0 Å². The maximum Gasteiger partial charge on any atom is 0.225 e. The third-order valence-corrected chi connectivity index (χ3v) is 4.04. The van der Waals surface area contributed by atoms with Crippen molar-refractivity contribution >= 4 is 17.3 Å². The maximum absolute atomic E-state index is 12.0. The van der Waals surface area contributed by atoms with Gasteiger partial charge in [0, 0.05) is 37.4 Å². The first-order valence-corrected chi connectivity index (χ1v) is 8.84. The van der Waals surface area contributed by atoms with Crippen molar-refractivity contribution in [2.24, 2.45) is 5.92 Å². The number of anilines is 2. The molecule has 0 aliphatic carbocycles. The highest BCUT2D eigenvalue weighted by Gasteiger charge is 2.07. The van der Waals surface area contributed by atoms with Crippen LogP contribution >= 0.6 is 0 Å². The molecule has 0 heterocycles. The van der Waals surface area contributed by atoms with Gasteiger partial charge in [-0.2, -0.15) is 0 Å². The van der Waals surface area contributed by atoms with Crippen LogP contribution in [-0.2, 0) is 4.79 Å². The molecule has 4 nitrogen and oxygen atoms in total. The second-order valence-electron chi connectivity index (χ2n) is 6.40. The smallest absolute Gasteiger partial charge is 0.225 e. The lowest BCUT2D eigenvalue weighted by molar-refractivity contribution is -0.116. The number of nitrogens with zero attached hydrogens (tertiary/aromatic N) is 1. The Kier molecular flexibility index (Phi) is 8.70. The van der Waals surface area contributed by atoms with Gasteiger partial charge in [0.25, 0.3) is 0 Å². The van der Waals surface area contributed by atoms with Gasteiger partial charge in [0.2, 0.25) is 5.91 Å². The van der Waals surface area contributed by atoms with Crippen molar-refractivity contribution in [3.63, 3.8) is 0 Å². The summed E-state index contributed by atoms with van der Waals surface area (Å²) >= 11 is 0. The van der Waals surface area contributed by atoms with Crippen LogP contribution in [0.1, 0.15) is 46.1 Å². The topological polar surface area (TPSA) is 44.4 Å². The summed E-state index contributed by atoms with van der Waals surface area (Å²) in [6.07, 6.45) is 1.66. The molecule has 1 rings (SSSR count). The summed E-state index contributed by atoms with van der Waals surface area (Å²) < 4.78 is 0. The molecule has 0 unspecified atom stereocenters. The summed E-state index contributed by atoms with van der Waals surface area (Å²) in [6, 6.07) is 6.23. The second-order valence-corrected chi connectivity index (χ2v) is 6.40. The number of hydrogen-bond acceptors (Lipinski definition) is 3. The monoisotopic (exact) mass is 319 g/mol. The van der Waals surface area contributed by atoms with Crippen LogP contribution in [-0.4, -0.2) is 32.1 Å². The quantitative estimate of drug-likeness (QED) is 0.645. The highest BCUT2D eigenvalue weighted by molar-refractivity contribution is 5.91. The van der Waals surface area contributed by atoms with Crippen molar-refractivity contribution in [2.75, 3.05) is 36.4 Å². The molecule has 0 atom stereocenters. The number of carbonyl (C=O) groups excluding carboxylic acids is 1. The summed E-state index contributed by atoms with van der Waals surface area (Å²) in [5, 5.41) is 6.33. The van der Waals surface area contributed by atoms with E-state index in [1.165, 1.54) is 5.69 Å². The van der Waals surface area contributed by atoms with E-state index in [4.69, 9.17) is 0 Å². The Morgan fingerprint density at radius 3 is 2.43 bits per heavy atom. The van der Waals surface area contributed by atoms with E-state index in [1.54, 1.807) is 0 Å². The molecular weight excluding hydrogens is 286 g/mol. The molecule has 0 saturated carbocycles. The molecule has 0 spiro atoms. The molecule has 0 radical (unpaired) electrons. The molecule has 2 N–H and O–H groups in total. The van der Waals surface area contributed by atoms with Crippen molar-refractivity contribution in [1.82, 2.24) is 5.32 Å². The van der Waals surface area contributed by atoms with Crippen molar-refractivity contribution < 1.29 is 4.79 Å². The van der Waals surface area contributed by atoms with Crippen molar-refractivity contribution in [3.05, 3.63) is 23.8 Å². The SMILES string of the molecule is CCN(CC)c1ccc(NC(=O)CCNCCC(C)C)c(C)c1. The minimum atomic E-state index is 0.0701. The number of aryl methyl sites for hydroxylation is 1. The van der Waals surface area contributed by atoms with Crippen LogP contribution in [0.4, 0.5) is 11.4 Å². The summed E-state index contributed by atoms with van der Waals surface area (Å²) in [4.78, 5) is 14.3. The fraction of sp³-hybridized carbons (Fsp3) is 0.632. The first-order chi connectivity index (χ1) is 11.0. The number of amides is 1. The van der Waals surface area contributed by atoms with E-state index in [0.29, 0.717) is 12.3 Å². The van der Waals surface area contributed by atoms with Gasteiger partial charge >= 0.3 is 0 Å². The second kappa shape index (κ2) is 10.3. The molecule has 4 heteroatoms. The fourth-order valence-electron chi connectivity index (χ4n) is 2.50. The average molecular weight is 319 g/mol. The van der Waals surface area contributed by atoms with Crippen LogP contribution in [0.2, 0.25) is 0 Å². The van der Waals surface area contributed by atoms with E-state index >= 15 is 0 Å². The van der Waals surface area contributed by atoms with Crippen molar-refractivity contribution in [3.8, 4) is 0 Å². The molecule has 0 aromatic heterocycles. The Labute approximate surface area is 141 Å². The largest absolute Gasteiger partial charge is 0.372 e. The standard InChI is InChI=1S/C19H33N3O/c1-6-22(7-2)17-8-9-18(16(5)14-17)21-19(23)11-13-20-12-10-15(3)4/h8-9,14-15,20H,6-7,10-13H2,1-5H3,(H,21,23). The first kappa shape index (κ1) is 19.5. The van der Waals surface area contributed by atoms with E-state index in [9.17, 15) is 4.79 Å². The minimum Gasteiger partial charge on any atom is -0.372 e. The van der Waals surface area contributed by atoms with Gasteiger partial charge in [-0.25, -0.2) is 0 Å². The molecule has 0 fully saturated rings. The summed E-state index contributed by atoms with van der Waals surface area (Å²) in [6.45, 7) is 14.5.